The fourth-order valence-electron chi connectivity index (χ4n) is 1.52. The summed E-state index contributed by atoms with van der Waals surface area (Å²) in [6.07, 6.45) is 3.23. The molecule has 2 aromatic heterocycles. The first kappa shape index (κ1) is 11.7. The number of hydrogen-bond acceptors (Lipinski definition) is 4. The minimum Gasteiger partial charge on any atom is -0.472 e. The number of nitrogens with two attached hydrogens (primary N) is 1. The number of hydrogen-bond donors (Lipinski definition) is 1. The highest BCUT2D eigenvalue weighted by molar-refractivity contribution is 7.14. The maximum atomic E-state index is 12.1. The smallest absolute Gasteiger partial charge is 0.264 e. The van der Waals surface area contributed by atoms with Gasteiger partial charge in [0.1, 0.15) is 0 Å². The van der Waals surface area contributed by atoms with Crippen LogP contribution in [-0.2, 0) is 6.54 Å². The number of amides is 1. The summed E-state index contributed by atoms with van der Waals surface area (Å²) in [5.74, 6) is -0.0176. The summed E-state index contributed by atoms with van der Waals surface area (Å²) in [6.45, 7) is 2.44. The van der Waals surface area contributed by atoms with Gasteiger partial charge in [-0.25, -0.2) is 0 Å². The van der Waals surface area contributed by atoms with E-state index in [9.17, 15) is 4.79 Å². The Balaban J connectivity index is 2.09. The van der Waals surface area contributed by atoms with E-state index in [0.717, 1.165) is 10.4 Å². The number of thiophene rings is 1. The molecule has 0 aromatic carbocycles. The lowest BCUT2D eigenvalue weighted by Crippen LogP contribution is -2.25. The summed E-state index contributed by atoms with van der Waals surface area (Å²) in [5.41, 5.74) is 7.39. The van der Waals surface area contributed by atoms with Gasteiger partial charge in [-0.15, -0.1) is 11.3 Å². The van der Waals surface area contributed by atoms with E-state index in [2.05, 4.69) is 0 Å². The molecule has 2 aromatic rings. The van der Waals surface area contributed by atoms with E-state index in [1.54, 1.807) is 30.5 Å². The van der Waals surface area contributed by atoms with Gasteiger partial charge in [0.25, 0.3) is 5.91 Å². The second-order valence-corrected chi connectivity index (χ2v) is 5.17. The number of furan rings is 1. The Labute approximate surface area is 104 Å². The predicted octanol–water partition coefficient (Wildman–Crippen LogP) is 2.50. The van der Waals surface area contributed by atoms with Gasteiger partial charge in [0.2, 0.25) is 0 Å². The van der Waals surface area contributed by atoms with Crippen LogP contribution in [0.1, 0.15) is 20.1 Å². The number of nitrogens with zero attached hydrogens (tertiary/aromatic N) is 1. The maximum absolute atomic E-state index is 12.1. The van der Waals surface area contributed by atoms with Crippen molar-refractivity contribution in [2.24, 2.45) is 0 Å². The third kappa shape index (κ3) is 2.50. The summed E-state index contributed by atoms with van der Waals surface area (Å²) in [7, 11) is 1.76. The van der Waals surface area contributed by atoms with E-state index in [-0.39, 0.29) is 5.91 Å². The van der Waals surface area contributed by atoms with Crippen LogP contribution >= 0.6 is 11.3 Å². The van der Waals surface area contributed by atoms with Crippen LogP contribution < -0.4 is 5.73 Å². The van der Waals surface area contributed by atoms with Gasteiger partial charge in [-0.05, 0) is 19.1 Å². The van der Waals surface area contributed by atoms with Crippen molar-refractivity contribution < 1.29 is 9.21 Å². The molecule has 0 radical (unpaired) electrons. The normalized spacial score (nSPS) is 10.5. The van der Waals surface area contributed by atoms with Crippen molar-refractivity contribution in [3.05, 3.63) is 40.0 Å². The van der Waals surface area contributed by atoms with Crippen molar-refractivity contribution in [1.29, 1.82) is 0 Å². The van der Waals surface area contributed by atoms with Crippen molar-refractivity contribution in [1.82, 2.24) is 4.90 Å². The van der Waals surface area contributed by atoms with Gasteiger partial charge in [0.15, 0.2) is 0 Å². The zero-order valence-corrected chi connectivity index (χ0v) is 10.6. The van der Waals surface area contributed by atoms with Crippen LogP contribution in [0.5, 0.6) is 0 Å². The lowest BCUT2D eigenvalue weighted by molar-refractivity contribution is 0.0789. The molecule has 0 fully saturated rings. The highest BCUT2D eigenvalue weighted by atomic mass is 32.1. The zero-order chi connectivity index (χ0) is 12.4. The van der Waals surface area contributed by atoms with Gasteiger partial charge in [-0.2, -0.15) is 0 Å². The van der Waals surface area contributed by atoms with Crippen molar-refractivity contribution in [2.75, 3.05) is 12.8 Å². The van der Waals surface area contributed by atoms with E-state index in [4.69, 9.17) is 10.2 Å². The molecule has 17 heavy (non-hydrogen) atoms. The maximum Gasteiger partial charge on any atom is 0.264 e. The van der Waals surface area contributed by atoms with E-state index in [1.165, 1.54) is 11.3 Å². The van der Waals surface area contributed by atoms with Crippen molar-refractivity contribution in [3.8, 4) is 0 Å². The molecule has 0 saturated carbocycles. The van der Waals surface area contributed by atoms with Crippen LogP contribution in [0, 0.1) is 6.92 Å². The fraction of sp³-hybridized carbons (Fsp3) is 0.250. The number of rotatable bonds is 3. The zero-order valence-electron chi connectivity index (χ0n) is 9.77. The third-order valence-electron chi connectivity index (χ3n) is 2.51. The molecule has 4 nitrogen and oxygen atoms in total. The Morgan fingerprint density at radius 2 is 2.35 bits per heavy atom. The van der Waals surface area contributed by atoms with Crippen LogP contribution in [0.2, 0.25) is 0 Å². The molecular weight excluding hydrogens is 236 g/mol. The number of aryl methyl sites for hydroxylation is 1. The molecule has 0 saturated heterocycles. The quantitative estimate of drug-likeness (QED) is 0.910. The van der Waals surface area contributed by atoms with Gasteiger partial charge < -0.3 is 15.1 Å². The van der Waals surface area contributed by atoms with Gasteiger partial charge in [-0.3, -0.25) is 4.79 Å². The van der Waals surface area contributed by atoms with E-state index >= 15 is 0 Å². The Kier molecular flexibility index (Phi) is 3.19. The number of carbonyl (C=O) groups excluding carboxylic acids is 1. The molecule has 0 aliphatic carbocycles. The Bertz CT molecular complexity index is 497. The van der Waals surface area contributed by atoms with Gasteiger partial charge in [0.05, 0.1) is 17.4 Å². The highest BCUT2D eigenvalue weighted by Crippen LogP contribution is 2.24. The largest absolute Gasteiger partial charge is 0.472 e. The molecule has 0 spiro atoms. The topological polar surface area (TPSA) is 59.5 Å². The standard InChI is InChI=1S/C12H14N2O2S/c1-8-10(13)5-11(17-8)12(15)14(2)6-9-3-4-16-7-9/h3-5,7H,6,13H2,1-2H3. The van der Waals surface area contributed by atoms with Gasteiger partial charge in [-0.1, -0.05) is 0 Å². The fourth-order valence-corrected chi connectivity index (χ4v) is 2.45. The van der Waals surface area contributed by atoms with Crippen LogP contribution in [0.4, 0.5) is 5.69 Å². The van der Waals surface area contributed by atoms with E-state index in [0.29, 0.717) is 17.1 Å². The van der Waals surface area contributed by atoms with Crippen molar-refractivity contribution in [2.45, 2.75) is 13.5 Å². The predicted molar refractivity (Wildman–Crippen MR) is 68.0 cm³/mol. The van der Waals surface area contributed by atoms with E-state index < -0.39 is 0 Å². The van der Waals surface area contributed by atoms with Crippen LogP contribution in [0.25, 0.3) is 0 Å². The minimum absolute atomic E-state index is 0.0176. The molecule has 5 heteroatoms. The Morgan fingerprint density at radius 3 is 2.88 bits per heavy atom. The molecule has 0 bridgehead atoms. The Hall–Kier alpha value is -1.75. The lowest BCUT2D eigenvalue weighted by Gasteiger charge is -2.14. The molecule has 2 N–H and O–H groups in total. The lowest BCUT2D eigenvalue weighted by atomic mass is 10.3. The molecule has 0 aliphatic rings. The summed E-state index contributed by atoms with van der Waals surface area (Å²) >= 11 is 1.42. The van der Waals surface area contributed by atoms with Crippen LogP contribution in [0.15, 0.2) is 29.1 Å². The second-order valence-electron chi connectivity index (χ2n) is 3.91. The van der Waals surface area contributed by atoms with Gasteiger partial charge in [0, 0.05) is 29.7 Å². The summed E-state index contributed by atoms with van der Waals surface area (Å²) < 4.78 is 4.97. The molecule has 0 aliphatic heterocycles. The first-order chi connectivity index (χ1) is 8.08. The van der Waals surface area contributed by atoms with Crippen LogP contribution in [0.3, 0.4) is 0 Å². The minimum atomic E-state index is -0.0176. The average molecular weight is 250 g/mol. The van der Waals surface area contributed by atoms with Crippen molar-refractivity contribution in [3.63, 3.8) is 0 Å². The summed E-state index contributed by atoms with van der Waals surface area (Å²) in [5, 5.41) is 0. The summed E-state index contributed by atoms with van der Waals surface area (Å²) in [6, 6.07) is 3.58. The van der Waals surface area contributed by atoms with Gasteiger partial charge >= 0.3 is 0 Å². The molecule has 2 rings (SSSR count). The summed E-state index contributed by atoms with van der Waals surface area (Å²) in [4.78, 5) is 15.4. The number of anilines is 1. The molecule has 0 atom stereocenters. The second kappa shape index (κ2) is 4.63. The van der Waals surface area contributed by atoms with Crippen LogP contribution in [-0.4, -0.2) is 17.9 Å². The molecule has 0 unspecified atom stereocenters. The molecule has 1 amide bonds. The first-order valence-electron chi connectivity index (χ1n) is 5.20. The first-order valence-corrected chi connectivity index (χ1v) is 6.02. The SMILES string of the molecule is Cc1sc(C(=O)N(C)Cc2ccoc2)cc1N. The number of nitrogen functional groups attached to an aromatic ring is 1. The van der Waals surface area contributed by atoms with Crippen molar-refractivity contribution >= 4 is 22.9 Å². The third-order valence-corrected chi connectivity index (χ3v) is 3.57. The van der Waals surface area contributed by atoms with E-state index in [1.807, 2.05) is 13.0 Å². The molecule has 90 valence electrons. The molecule has 2 heterocycles. The average Bonchev–Trinajstić information content (AvgIpc) is 2.89. The molecular formula is C12H14N2O2S. The monoisotopic (exact) mass is 250 g/mol. The number of carbonyl (C=O) groups is 1. The Morgan fingerprint density at radius 1 is 1.59 bits per heavy atom. The highest BCUT2D eigenvalue weighted by Gasteiger charge is 2.15.